The molecule has 0 N–H and O–H groups in total. The molecule has 2 heterocycles. The van der Waals surface area contributed by atoms with E-state index in [1.54, 1.807) is 24.3 Å². The minimum Gasteiger partial charge on any atom is -0.494 e. The van der Waals surface area contributed by atoms with Crippen molar-refractivity contribution in [1.82, 2.24) is 0 Å². The Labute approximate surface area is 191 Å². The predicted octanol–water partition coefficient (Wildman–Crippen LogP) is 5.09. The Kier molecular flexibility index (Phi) is 5.19. The lowest BCUT2D eigenvalue weighted by Crippen LogP contribution is -2.35. The number of rotatable bonds is 5. The van der Waals surface area contributed by atoms with Crippen molar-refractivity contribution in [3.05, 3.63) is 94.6 Å². The van der Waals surface area contributed by atoms with E-state index in [1.165, 1.54) is 4.90 Å². The summed E-state index contributed by atoms with van der Waals surface area (Å²) in [5.41, 5.74) is 3.91. The summed E-state index contributed by atoms with van der Waals surface area (Å²) in [5.74, 6) is -0.0417. The number of imide groups is 1. The molecule has 2 aliphatic rings. The highest BCUT2D eigenvalue weighted by Crippen LogP contribution is 2.41. The second kappa shape index (κ2) is 8.17. The van der Waals surface area contributed by atoms with Crippen molar-refractivity contribution in [1.29, 1.82) is 0 Å². The molecule has 0 radical (unpaired) electrons. The molecular weight excluding hydrogens is 424 g/mol. The summed E-state index contributed by atoms with van der Waals surface area (Å²) < 4.78 is 5.54. The highest BCUT2D eigenvalue weighted by Gasteiger charge is 2.44. The van der Waals surface area contributed by atoms with E-state index in [0.717, 1.165) is 17.7 Å². The summed E-state index contributed by atoms with van der Waals surface area (Å²) in [7, 11) is 0. The lowest BCUT2D eigenvalue weighted by Gasteiger charge is -2.22. The molecule has 5 nitrogen and oxygen atoms in total. The molecule has 5 rings (SSSR count). The topological polar surface area (TPSA) is 49.9 Å². The average molecular weight is 445 g/mol. The third kappa shape index (κ3) is 3.26. The normalized spacial score (nSPS) is 15.6. The van der Waals surface area contributed by atoms with Crippen LogP contribution in [0.4, 0.5) is 11.4 Å². The number of carbonyl (C=O) groups is 2. The Hall–Kier alpha value is -3.57. The third-order valence-electron chi connectivity index (χ3n) is 5.76. The molecule has 32 heavy (non-hydrogen) atoms. The zero-order valence-corrected chi connectivity index (χ0v) is 18.3. The number of amides is 2. The summed E-state index contributed by atoms with van der Waals surface area (Å²) in [6.45, 7) is 3.10. The molecule has 2 amide bonds. The number of hydrogen-bond acceptors (Lipinski definition) is 4. The number of anilines is 2. The van der Waals surface area contributed by atoms with Gasteiger partial charge in [-0.05, 0) is 54.8 Å². The van der Waals surface area contributed by atoms with E-state index in [0.29, 0.717) is 46.4 Å². The van der Waals surface area contributed by atoms with Crippen LogP contribution in [-0.2, 0) is 16.0 Å². The molecule has 3 aromatic carbocycles. The van der Waals surface area contributed by atoms with Crippen LogP contribution < -0.4 is 14.5 Å². The molecule has 3 aromatic rings. The van der Waals surface area contributed by atoms with Gasteiger partial charge < -0.3 is 9.64 Å². The van der Waals surface area contributed by atoms with E-state index in [-0.39, 0.29) is 11.8 Å². The van der Waals surface area contributed by atoms with Crippen molar-refractivity contribution in [2.45, 2.75) is 13.3 Å². The van der Waals surface area contributed by atoms with Crippen LogP contribution in [0.15, 0.2) is 78.5 Å². The van der Waals surface area contributed by atoms with Gasteiger partial charge >= 0.3 is 0 Å². The monoisotopic (exact) mass is 444 g/mol. The smallest absolute Gasteiger partial charge is 0.282 e. The number of nitrogens with zero attached hydrogens (tertiary/aromatic N) is 2. The Morgan fingerprint density at radius 3 is 2.28 bits per heavy atom. The fraction of sp³-hybridized carbons (Fsp3) is 0.154. The quantitative estimate of drug-likeness (QED) is 0.514. The Morgan fingerprint density at radius 2 is 1.56 bits per heavy atom. The maximum Gasteiger partial charge on any atom is 0.282 e. The minimum atomic E-state index is -0.383. The first kappa shape index (κ1) is 20.3. The SMILES string of the molecule is CCOc1ccc(C2=C(N3CCc4ccccc43)C(=O)N(c3ccccc3Cl)C2=O)cc1. The van der Waals surface area contributed by atoms with Gasteiger partial charge in [0.15, 0.2) is 0 Å². The van der Waals surface area contributed by atoms with Crippen LogP contribution >= 0.6 is 11.6 Å². The van der Waals surface area contributed by atoms with E-state index in [2.05, 4.69) is 6.07 Å². The predicted molar refractivity (Wildman–Crippen MR) is 126 cm³/mol. The molecular formula is C26H21ClN2O3. The van der Waals surface area contributed by atoms with E-state index < -0.39 is 0 Å². The van der Waals surface area contributed by atoms with Gasteiger partial charge in [0.1, 0.15) is 11.4 Å². The molecule has 0 bridgehead atoms. The van der Waals surface area contributed by atoms with Gasteiger partial charge in [0.05, 0.1) is 22.9 Å². The number of halogens is 1. The summed E-state index contributed by atoms with van der Waals surface area (Å²) in [5, 5.41) is 0.350. The fourth-order valence-electron chi connectivity index (χ4n) is 4.34. The van der Waals surface area contributed by atoms with Gasteiger partial charge in [0, 0.05) is 12.2 Å². The van der Waals surface area contributed by atoms with Crippen molar-refractivity contribution in [3.63, 3.8) is 0 Å². The van der Waals surface area contributed by atoms with Crippen LogP contribution in [0.1, 0.15) is 18.1 Å². The molecule has 0 spiro atoms. The van der Waals surface area contributed by atoms with E-state index in [1.807, 2.05) is 54.3 Å². The van der Waals surface area contributed by atoms with Gasteiger partial charge in [-0.1, -0.05) is 54.1 Å². The van der Waals surface area contributed by atoms with Crippen molar-refractivity contribution in [3.8, 4) is 5.75 Å². The van der Waals surface area contributed by atoms with E-state index in [4.69, 9.17) is 16.3 Å². The van der Waals surface area contributed by atoms with Gasteiger partial charge in [-0.25, -0.2) is 4.90 Å². The summed E-state index contributed by atoms with van der Waals surface area (Å²) >= 11 is 6.38. The van der Waals surface area contributed by atoms with Crippen molar-refractivity contribution in [2.24, 2.45) is 0 Å². The fourth-order valence-corrected chi connectivity index (χ4v) is 4.56. The number of hydrogen-bond donors (Lipinski definition) is 0. The first-order chi connectivity index (χ1) is 15.6. The zero-order valence-electron chi connectivity index (χ0n) is 17.5. The Morgan fingerprint density at radius 1 is 0.875 bits per heavy atom. The first-order valence-electron chi connectivity index (χ1n) is 10.6. The number of ether oxygens (including phenoxy) is 1. The Bertz CT molecular complexity index is 1250. The number of benzene rings is 3. The van der Waals surface area contributed by atoms with Gasteiger partial charge in [-0.15, -0.1) is 0 Å². The van der Waals surface area contributed by atoms with Gasteiger partial charge in [0.2, 0.25) is 0 Å². The molecule has 0 aliphatic carbocycles. The largest absolute Gasteiger partial charge is 0.494 e. The second-order valence-electron chi connectivity index (χ2n) is 7.61. The van der Waals surface area contributed by atoms with Gasteiger partial charge in [-0.2, -0.15) is 0 Å². The molecule has 0 aromatic heterocycles. The second-order valence-corrected chi connectivity index (χ2v) is 8.02. The van der Waals surface area contributed by atoms with Crippen molar-refractivity contribution in [2.75, 3.05) is 23.0 Å². The van der Waals surface area contributed by atoms with Crippen molar-refractivity contribution >= 4 is 40.4 Å². The molecule has 0 fully saturated rings. The Balaban J connectivity index is 1.66. The van der Waals surface area contributed by atoms with Crippen LogP contribution in [-0.4, -0.2) is 25.0 Å². The van der Waals surface area contributed by atoms with Crippen molar-refractivity contribution < 1.29 is 14.3 Å². The molecule has 0 saturated carbocycles. The third-order valence-corrected chi connectivity index (χ3v) is 6.08. The number of fused-ring (bicyclic) bond motifs is 1. The molecule has 160 valence electrons. The van der Waals surface area contributed by atoms with E-state index in [9.17, 15) is 9.59 Å². The number of para-hydroxylation sites is 2. The molecule has 6 heteroatoms. The summed E-state index contributed by atoms with van der Waals surface area (Å²) in [6.07, 6.45) is 0.809. The molecule has 0 atom stereocenters. The first-order valence-corrected chi connectivity index (χ1v) is 10.9. The van der Waals surface area contributed by atoms with Gasteiger partial charge in [-0.3, -0.25) is 9.59 Å². The molecule has 0 unspecified atom stereocenters. The van der Waals surface area contributed by atoms with Crippen LogP contribution in [0.2, 0.25) is 5.02 Å². The van der Waals surface area contributed by atoms with Gasteiger partial charge in [0.25, 0.3) is 11.8 Å². The maximum atomic E-state index is 13.7. The molecule has 0 saturated heterocycles. The standard InChI is InChI=1S/C26H21ClN2O3/c1-2-32-19-13-11-18(12-14-19)23-24(28-16-15-17-7-3-5-9-21(17)28)26(31)29(25(23)30)22-10-6-4-8-20(22)27/h3-14H,2,15-16H2,1H3. The average Bonchev–Trinajstić information content (AvgIpc) is 3.33. The highest BCUT2D eigenvalue weighted by atomic mass is 35.5. The number of carbonyl (C=O) groups excluding carboxylic acids is 2. The van der Waals surface area contributed by atoms with Crippen LogP contribution in [0, 0.1) is 0 Å². The van der Waals surface area contributed by atoms with E-state index >= 15 is 0 Å². The summed E-state index contributed by atoms with van der Waals surface area (Å²) in [4.78, 5) is 30.6. The lowest BCUT2D eigenvalue weighted by atomic mass is 10.0. The highest BCUT2D eigenvalue weighted by molar-refractivity contribution is 6.48. The molecule has 2 aliphatic heterocycles. The maximum absolute atomic E-state index is 13.7. The summed E-state index contributed by atoms with van der Waals surface area (Å²) in [6, 6.07) is 22.2. The van der Waals surface area contributed by atoms with Crippen LogP contribution in [0.25, 0.3) is 5.57 Å². The zero-order chi connectivity index (χ0) is 22.2. The van der Waals surface area contributed by atoms with Crippen LogP contribution in [0.5, 0.6) is 5.75 Å². The van der Waals surface area contributed by atoms with Crippen LogP contribution in [0.3, 0.4) is 0 Å². The lowest BCUT2D eigenvalue weighted by molar-refractivity contribution is -0.120. The minimum absolute atomic E-state index is 0.350.